The van der Waals surface area contributed by atoms with Crippen molar-refractivity contribution < 1.29 is 24.6 Å². The topological polar surface area (TPSA) is 104 Å². The molecule has 0 saturated heterocycles. The summed E-state index contributed by atoms with van der Waals surface area (Å²) in [7, 11) is 0. The van der Waals surface area contributed by atoms with Crippen LogP contribution in [0, 0.1) is 6.92 Å². The fraction of sp³-hybridized carbons (Fsp3) is 0.308. The molecule has 0 aliphatic heterocycles. The summed E-state index contributed by atoms with van der Waals surface area (Å²) in [6.45, 7) is 1.86. The average molecular weight is 344 g/mol. The summed E-state index contributed by atoms with van der Waals surface area (Å²) in [5.74, 6) is -2.93. The van der Waals surface area contributed by atoms with E-state index in [-0.39, 0.29) is 12.8 Å². The summed E-state index contributed by atoms with van der Waals surface area (Å²) in [6, 6.07) is 3.81. The molecule has 0 saturated carbocycles. The van der Waals surface area contributed by atoms with Crippen molar-refractivity contribution in [2.75, 3.05) is 0 Å². The third-order valence-corrected chi connectivity index (χ3v) is 3.28. The lowest BCUT2D eigenvalue weighted by molar-refractivity contribution is -0.140. The fourth-order valence-corrected chi connectivity index (χ4v) is 2.24. The highest BCUT2D eigenvalue weighted by Gasteiger charge is 2.22. The van der Waals surface area contributed by atoms with Crippen LogP contribution in [-0.2, 0) is 9.59 Å². The minimum absolute atomic E-state index is 0.167. The van der Waals surface area contributed by atoms with Gasteiger partial charge in [0, 0.05) is 10.9 Å². The maximum absolute atomic E-state index is 12.0. The van der Waals surface area contributed by atoms with Gasteiger partial charge in [-0.3, -0.25) is 9.59 Å². The van der Waals surface area contributed by atoms with Gasteiger partial charge >= 0.3 is 11.9 Å². The lowest BCUT2D eigenvalue weighted by atomic mass is 10.1. The molecule has 1 amide bonds. The van der Waals surface area contributed by atoms with Crippen LogP contribution in [0.3, 0.4) is 0 Å². The van der Waals surface area contributed by atoms with Crippen molar-refractivity contribution in [1.82, 2.24) is 5.32 Å². The van der Waals surface area contributed by atoms with Crippen LogP contribution in [0.25, 0.3) is 0 Å². The molecule has 108 valence electrons. The standard InChI is InChI=1S/C13H14BrNO5/c1-7-2-3-8(9(14)6-7)12(18)15-10(13(19)20)4-5-11(16)17/h2-3,6,10H,4-5H2,1H3,(H,15,18)(H,16,17)(H,19,20)/t10-/m0/s1. The Morgan fingerprint density at radius 3 is 2.45 bits per heavy atom. The molecule has 0 aromatic heterocycles. The highest BCUT2D eigenvalue weighted by Crippen LogP contribution is 2.18. The predicted octanol–water partition coefficient (Wildman–Crippen LogP) is 1.81. The molecule has 0 heterocycles. The van der Waals surface area contributed by atoms with Gasteiger partial charge in [0.25, 0.3) is 5.91 Å². The summed E-state index contributed by atoms with van der Waals surface area (Å²) < 4.78 is 0.553. The molecule has 1 aromatic carbocycles. The van der Waals surface area contributed by atoms with Gasteiger partial charge in [-0.1, -0.05) is 6.07 Å². The van der Waals surface area contributed by atoms with Gasteiger partial charge in [-0.05, 0) is 47.0 Å². The number of carboxylic acid groups (broad SMARTS) is 2. The van der Waals surface area contributed by atoms with Gasteiger partial charge in [-0.15, -0.1) is 0 Å². The zero-order chi connectivity index (χ0) is 15.3. The van der Waals surface area contributed by atoms with Gasteiger partial charge in [-0.25, -0.2) is 4.79 Å². The quantitative estimate of drug-likeness (QED) is 0.730. The van der Waals surface area contributed by atoms with E-state index >= 15 is 0 Å². The number of carboxylic acids is 2. The van der Waals surface area contributed by atoms with Crippen LogP contribution in [0.15, 0.2) is 22.7 Å². The number of amides is 1. The molecule has 1 aromatic rings. The normalized spacial score (nSPS) is 11.7. The number of carbonyl (C=O) groups excluding carboxylic acids is 1. The number of aliphatic carboxylic acids is 2. The molecule has 6 nitrogen and oxygen atoms in total. The predicted molar refractivity (Wildman–Crippen MR) is 74.6 cm³/mol. The van der Waals surface area contributed by atoms with Gasteiger partial charge in [0.1, 0.15) is 6.04 Å². The first-order chi connectivity index (χ1) is 9.31. The van der Waals surface area contributed by atoms with Crippen molar-refractivity contribution in [3.8, 4) is 0 Å². The van der Waals surface area contributed by atoms with E-state index in [9.17, 15) is 14.4 Å². The molecular formula is C13H14BrNO5. The summed E-state index contributed by atoms with van der Waals surface area (Å²) in [5, 5.41) is 19.8. The van der Waals surface area contributed by atoms with Gasteiger partial charge in [-0.2, -0.15) is 0 Å². The van der Waals surface area contributed by atoms with E-state index in [1.54, 1.807) is 18.2 Å². The minimum atomic E-state index is -1.26. The van der Waals surface area contributed by atoms with Crippen LogP contribution in [0.4, 0.5) is 0 Å². The van der Waals surface area contributed by atoms with Crippen LogP contribution in [0.5, 0.6) is 0 Å². The number of carbonyl (C=O) groups is 3. The van der Waals surface area contributed by atoms with Crippen LogP contribution in [0.2, 0.25) is 0 Å². The summed E-state index contributed by atoms with van der Waals surface area (Å²) >= 11 is 3.23. The van der Waals surface area contributed by atoms with E-state index in [4.69, 9.17) is 10.2 Å². The molecule has 0 aliphatic rings. The Morgan fingerprint density at radius 1 is 1.30 bits per heavy atom. The van der Waals surface area contributed by atoms with E-state index in [2.05, 4.69) is 21.2 Å². The Morgan fingerprint density at radius 2 is 1.95 bits per heavy atom. The Balaban J connectivity index is 2.80. The largest absolute Gasteiger partial charge is 0.481 e. The van der Waals surface area contributed by atoms with E-state index in [1.807, 2.05) is 6.92 Å². The maximum Gasteiger partial charge on any atom is 0.326 e. The molecule has 0 fully saturated rings. The number of hydrogen-bond donors (Lipinski definition) is 3. The Kier molecular flexibility index (Phi) is 5.69. The molecule has 0 spiro atoms. The molecule has 1 atom stereocenters. The molecule has 0 radical (unpaired) electrons. The summed E-state index contributed by atoms with van der Waals surface area (Å²) in [6.07, 6.45) is -0.494. The van der Waals surface area contributed by atoms with Crippen LogP contribution in [0.1, 0.15) is 28.8 Å². The van der Waals surface area contributed by atoms with Crippen LogP contribution >= 0.6 is 15.9 Å². The number of halogens is 1. The lowest BCUT2D eigenvalue weighted by Gasteiger charge is -2.14. The number of aryl methyl sites for hydroxylation is 1. The maximum atomic E-state index is 12.0. The number of rotatable bonds is 6. The minimum Gasteiger partial charge on any atom is -0.481 e. The van der Waals surface area contributed by atoms with Gasteiger partial charge in [0.2, 0.25) is 0 Å². The van der Waals surface area contributed by atoms with Gasteiger partial charge in [0.05, 0.1) is 5.56 Å². The second-order valence-electron chi connectivity index (χ2n) is 4.28. The van der Waals surface area contributed by atoms with Crippen LogP contribution < -0.4 is 5.32 Å². The van der Waals surface area contributed by atoms with Crippen molar-refractivity contribution in [1.29, 1.82) is 0 Å². The fourth-order valence-electron chi connectivity index (χ4n) is 1.57. The molecule has 0 bridgehead atoms. The van der Waals surface area contributed by atoms with Crippen LogP contribution in [-0.4, -0.2) is 34.1 Å². The van der Waals surface area contributed by atoms with E-state index in [0.717, 1.165) is 5.56 Å². The zero-order valence-electron chi connectivity index (χ0n) is 10.7. The third kappa shape index (κ3) is 4.65. The number of benzene rings is 1. The lowest BCUT2D eigenvalue weighted by Crippen LogP contribution is -2.41. The monoisotopic (exact) mass is 343 g/mol. The molecular weight excluding hydrogens is 330 g/mol. The first-order valence-corrected chi connectivity index (χ1v) is 6.62. The highest BCUT2D eigenvalue weighted by molar-refractivity contribution is 9.10. The first-order valence-electron chi connectivity index (χ1n) is 5.83. The second kappa shape index (κ2) is 7.04. The summed E-state index contributed by atoms with van der Waals surface area (Å²) in [4.78, 5) is 33.4. The zero-order valence-corrected chi connectivity index (χ0v) is 12.3. The van der Waals surface area contributed by atoms with Crippen molar-refractivity contribution in [3.63, 3.8) is 0 Å². The van der Waals surface area contributed by atoms with Crippen molar-refractivity contribution >= 4 is 33.8 Å². The van der Waals surface area contributed by atoms with Gasteiger partial charge < -0.3 is 15.5 Å². The SMILES string of the molecule is Cc1ccc(C(=O)N[C@@H](CCC(=O)O)C(=O)O)c(Br)c1. The van der Waals surface area contributed by atoms with E-state index in [1.165, 1.54) is 0 Å². The average Bonchev–Trinajstić information content (AvgIpc) is 2.33. The van der Waals surface area contributed by atoms with E-state index < -0.39 is 23.9 Å². The molecule has 0 unspecified atom stereocenters. The Labute approximate surface area is 123 Å². The first kappa shape index (κ1) is 16.2. The Hall–Kier alpha value is -1.89. The smallest absolute Gasteiger partial charge is 0.326 e. The molecule has 0 aliphatic carbocycles. The molecule has 1 rings (SSSR count). The highest BCUT2D eigenvalue weighted by atomic mass is 79.9. The van der Waals surface area contributed by atoms with Crippen molar-refractivity contribution in [2.45, 2.75) is 25.8 Å². The van der Waals surface area contributed by atoms with Gasteiger partial charge in [0.15, 0.2) is 0 Å². The molecule has 7 heteroatoms. The van der Waals surface area contributed by atoms with Crippen molar-refractivity contribution in [3.05, 3.63) is 33.8 Å². The summed E-state index contributed by atoms with van der Waals surface area (Å²) in [5.41, 5.74) is 1.26. The number of hydrogen-bond acceptors (Lipinski definition) is 3. The van der Waals surface area contributed by atoms with Crippen molar-refractivity contribution in [2.24, 2.45) is 0 Å². The van der Waals surface area contributed by atoms with E-state index in [0.29, 0.717) is 10.0 Å². The number of nitrogens with one attached hydrogen (secondary N) is 1. The second-order valence-corrected chi connectivity index (χ2v) is 5.13. The molecule has 3 N–H and O–H groups in total. The molecule has 20 heavy (non-hydrogen) atoms. The third-order valence-electron chi connectivity index (χ3n) is 2.62. The Bertz CT molecular complexity index is 544.